The van der Waals surface area contributed by atoms with Crippen LogP contribution in [0.5, 0.6) is 0 Å². The molecule has 4 rings (SSSR count). The van der Waals surface area contributed by atoms with Gasteiger partial charge < -0.3 is 4.90 Å². The third-order valence-electron chi connectivity index (χ3n) is 4.03. The molecule has 1 aromatic heterocycles. The number of hydrogen-bond donors (Lipinski definition) is 0. The summed E-state index contributed by atoms with van der Waals surface area (Å²) in [7, 11) is 0. The lowest BCUT2D eigenvalue weighted by Crippen LogP contribution is -2.61. The lowest BCUT2D eigenvalue weighted by atomic mass is 10.1. The SMILES string of the molecule is Clc1ccc2nc(N3CC(N4CCSCC4)C3)sc2c1. The van der Waals surface area contributed by atoms with Gasteiger partial charge in [0.15, 0.2) is 5.13 Å². The van der Waals surface area contributed by atoms with Gasteiger partial charge >= 0.3 is 0 Å². The second-order valence-electron chi connectivity index (χ2n) is 5.32. The van der Waals surface area contributed by atoms with Crippen molar-refractivity contribution in [2.24, 2.45) is 0 Å². The minimum atomic E-state index is 0.728. The van der Waals surface area contributed by atoms with Crippen LogP contribution in [0.2, 0.25) is 5.02 Å². The summed E-state index contributed by atoms with van der Waals surface area (Å²) in [6.07, 6.45) is 0. The van der Waals surface area contributed by atoms with Crippen LogP contribution < -0.4 is 4.90 Å². The Labute approximate surface area is 131 Å². The lowest BCUT2D eigenvalue weighted by molar-refractivity contribution is 0.183. The Morgan fingerprint density at radius 1 is 1.20 bits per heavy atom. The Balaban J connectivity index is 1.46. The van der Waals surface area contributed by atoms with Crippen molar-refractivity contribution in [3.05, 3.63) is 23.2 Å². The maximum absolute atomic E-state index is 6.04. The van der Waals surface area contributed by atoms with E-state index in [2.05, 4.69) is 21.6 Å². The highest BCUT2D eigenvalue weighted by molar-refractivity contribution is 7.99. The molecule has 0 unspecified atom stereocenters. The molecule has 3 heterocycles. The summed E-state index contributed by atoms with van der Waals surface area (Å²) in [5, 5.41) is 1.94. The molecular weight excluding hydrogens is 310 g/mol. The van der Waals surface area contributed by atoms with E-state index in [1.165, 1.54) is 29.3 Å². The van der Waals surface area contributed by atoms with E-state index in [9.17, 15) is 0 Å². The van der Waals surface area contributed by atoms with Crippen LogP contribution in [0.25, 0.3) is 10.2 Å². The number of hydrogen-bond acceptors (Lipinski definition) is 5. The van der Waals surface area contributed by atoms with Gasteiger partial charge in [0.1, 0.15) is 0 Å². The van der Waals surface area contributed by atoms with Crippen molar-refractivity contribution in [1.82, 2.24) is 9.88 Å². The van der Waals surface area contributed by atoms with E-state index in [0.29, 0.717) is 0 Å². The van der Waals surface area contributed by atoms with E-state index >= 15 is 0 Å². The van der Waals surface area contributed by atoms with Gasteiger partial charge in [-0.15, -0.1) is 0 Å². The molecule has 0 atom stereocenters. The van der Waals surface area contributed by atoms with Crippen molar-refractivity contribution < 1.29 is 0 Å². The van der Waals surface area contributed by atoms with E-state index in [1.54, 1.807) is 11.3 Å². The van der Waals surface area contributed by atoms with Gasteiger partial charge in [-0.2, -0.15) is 11.8 Å². The molecular formula is C14H16ClN3S2. The van der Waals surface area contributed by atoms with Crippen LogP contribution in [-0.2, 0) is 0 Å². The quantitative estimate of drug-likeness (QED) is 0.844. The smallest absolute Gasteiger partial charge is 0.186 e. The van der Waals surface area contributed by atoms with Crippen molar-refractivity contribution in [3.8, 4) is 0 Å². The summed E-state index contributed by atoms with van der Waals surface area (Å²) in [5.74, 6) is 2.58. The average molecular weight is 326 g/mol. The fourth-order valence-electron chi connectivity index (χ4n) is 2.81. The number of anilines is 1. The second kappa shape index (κ2) is 5.37. The van der Waals surface area contributed by atoms with Crippen LogP contribution in [0.1, 0.15) is 0 Å². The van der Waals surface area contributed by atoms with E-state index in [-0.39, 0.29) is 0 Å². The number of thioether (sulfide) groups is 1. The number of nitrogens with zero attached hydrogens (tertiary/aromatic N) is 3. The van der Waals surface area contributed by atoms with Gasteiger partial charge in [0.05, 0.1) is 10.2 Å². The number of fused-ring (bicyclic) bond motifs is 1. The van der Waals surface area contributed by atoms with Crippen LogP contribution in [0.15, 0.2) is 18.2 Å². The average Bonchev–Trinajstić information content (AvgIpc) is 2.80. The Morgan fingerprint density at radius 3 is 2.80 bits per heavy atom. The Bertz CT molecular complexity index is 618. The molecule has 0 bridgehead atoms. The molecule has 106 valence electrons. The lowest BCUT2D eigenvalue weighted by Gasteiger charge is -2.46. The van der Waals surface area contributed by atoms with E-state index in [1.807, 2.05) is 18.2 Å². The topological polar surface area (TPSA) is 19.4 Å². The summed E-state index contributed by atoms with van der Waals surface area (Å²) < 4.78 is 1.19. The normalized spacial score (nSPS) is 21.4. The zero-order valence-electron chi connectivity index (χ0n) is 11.1. The minimum absolute atomic E-state index is 0.728. The van der Waals surface area contributed by atoms with Crippen LogP contribution >= 0.6 is 34.7 Å². The molecule has 0 spiro atoms. The van der Waals surface area contributed by atoms with Gasteiger partial charge in [-0.1, -0.05) is 22.9 Å². The molecule has 2 aliphatic heterocycles. The standard InChI is InChI=1S/C14H16ClN3S2/c15-10-1-2-12-13(7-10)20-14(16-12)18-8-11(9-18)17-3-5-19-6-4-17/h1-2,7,11H,3-6,8-9H2. The molecule has 0 N–H and O–H groups in total. The predicted octanol–water partition coefficient (Wildman–Crippen LogP) is 3.19. The van der Waals surface area contributed by atoms with Crippen molar-refractivity contribution in [1.29, 1.82) is 0 Å². The van der Waals surface area contributed by atoms with E-state index in [0.717, 1.165) is 34.8 Å². The highest BCUT2D eigenvalue weighted by atomic mass is 35.5. The maximum Gasteiger partial charge on any atom is 0.186 e. The first-order valence-electron chi connectivity index (χ1n) is 6.92. The monoisotopic (exact) mass is 325 g/mol. The molecule has 20 heavy (non-hydrogen) atoms. The van der Waals surface area contributed by atoms with Crippen LogP contribution in [0, 0.1) is 0 Å². The van der Waals surface area contributed by atoms with Crippen LogP contribution in [0.4, 0.5) is 5.13 Å². The Morgan fingerprint density at radius 2 is 2.00 bits per heavy atom. The van der Waals surface area contributed by atoms with Gasteiger partial charge in [-0.3, -0.25) is 4.90 Å². The number of rotatable bonds is 2. The fraction of sp³-hybridized carbons (Fsp3) is 0.500. The van der Waals surface area contributed by atoms with Gasteiger partial charge in [0.25, 0.3) is 0 Å². The molecule has 0 aliphatic carbocycles. The summed E-state index contributed by atoms with van der Waals surface area (Å²) in [6, 6.07) is 6.66. The van der Waals surface area contributed by atoms with Crippen LogP contribution in [-0.4, -0.2) is 53.6 Å². The van der Waals surface area contributed by atoms with Crippen molar-refractivity contribution in [3.63, 3.8) is 0 Å². The maximum atomic E-state index is 6.04. The summed E-state index contributed by atoms with van der Waals surface area (Å²) in [4.78, 5) is 9.75. The highest BCUT2D eigenvalue weighted by Gasteiger charge is 2.33. The molecule has 0 saturated carbocycles. The van der Waals surface area contributed by atoms with E-state index < -0.39 is 0 Å². The van der Waals surface area contributed by atoms with Crippen molar-refractivity contribution in [2.75, 3.05) is 42.6 Å². The molecule has 0 amide bonds. The molecule has 2 aliphatic rings. The van der Waals surface area contributed by atoms with Gasteiger partial charge in [-0.25, -0.2) is 4.98 Å². The number of thiazole rings is 1. The summed E-state index contributed by atoms with van der Waals surface area (Å²) in [5.41, 5.74) is 1.06. The first kappa shape index (κ1) is 13.2. The number of halogens is 1. The third kappa shape index (κ3) is 2.41. The molecule has 2 fully saturated rings. The molecule has 0 radical (unpaired) electrons. The minimum Gasteiger partial charge on any atom is -0.345 e. The molecule has 1 aromatic carbocycles. The van der Waals surface area contributed by atoms with Gasteiger partial charge in [-0.05, 0) is 18.2 Å². The van der Waals surface area contributed by atoms with Gasteiger partial charge in [0, 0.05) is 48.7 Å². The Hall–Kier alpha value is -0.490. The first-order chi connectivity index (χ1) is 9.79. The van der Waals surface area contributed by atoms with Crippen LogP contribution in [0.3, 0.4) is 0 Å². The summed E-state index contributed by atoms with van der Waals surface area (Å²) >= 11 is 9.86. The number of benzene rings is 1. The van der Waals surface area contributed by atoms with Crippen molar-refractivity contribution in [2.45, 2.75) is 6.04 Å². The van der Waals surface area contributed by atoms with E-state index in [4.69, 9.17) is 16.6 Å². The molecule has 2 saturated heterocycles. The molecule has 3 nitrogen and oxygen atoms in total. The summed E-state index contributed by atoms with van der Waals surface area (Å²) in [6.45, 7) is 4.74. The van der Waals surface area contributed by atoms with Gasteiger partial charge in [0.2, 0.25) is 0 Å². The fourth-order valence-corrected chi connectivity index (χ4v) is 5.00. The zero-order chi connectivity index (χ0) is 13.5. The largest absolute Gasteiger partial charge is 0.345 e. The highest BCUT2D eigenvalue weighted by Crippen LogP contribution is 2.33. The zero-order valence-corrected chi connectivity index (χ0v) is 13.5. The molecule has 2 aromatic rings. The number of aromatic nitrogens is 1. The Kier molecular flexibility index (Phi) is 3.54. The first-order valence-corrected chi connectivity index (χ1v) is 9.27. The van der Waals surface area contributed by atoms with Crippen molar-refractivity contribution >= 4 is 50.0 Å². The third-order valence-corrected chi connectivity index (χ3v) is 6.29. The molecule has 6 heteroatoms. The predicted molar refractivity (Wildman–Crippen MR) is 89.5 cm³/mol. The second-order valence-corrected chi connectivity index (χ2v) is 7.99.